The molecular weight excluding hydrogens is 178 g/mol. The molecule has 2 rings (SSSR count). The van der Waals surface area contributed by atoms with Gasteiger partial charge in [0.25, 0.3) is 0 Å². The zero-order valence-corrected chi connectivity index (χ0v) is 7.70. The second-order valence-electron chi connectivity index (χ2n) is 2.77. The van der Waals surface area contributed by atoms with E-state index in [2.05, 4.69) is 0 Å². The third kappa shape index (κ3) is 1.82. The largest absolute Gasteiger partial charge is 0.454 e. The normalized spacial score (nSPS) is 27.4. The van der Waals surface area contributed by atoms with Crippen molar-refractivity contribution >= 4 is 0 Å². The molecule has 0 spiro atoms. The molecule has 0 saturated heterocycles. The molecule has 0 saturated carbocycles. The zero-order chi connectivity index (χ0) is 16.1. The zero-order valence-electron chi connectivity index (χ0n) is 14.7. The van der Waals surface area contributed by atoms with Crippen LogP contribution in [0, 0.1) is 0 Å². The summed E-state index contributed by atoms with van der Waals surface area (Å²) >= 11 is 0. The Balaban J connectivity index is 2.53. The van der Waals surface area contributed by atoms with E-state index in [1.807, 2.05) is 0 Å². The Morgan fingerprint density at radius 3 is 3.36 bits per heavy atom. The smallest absolute Gasteiger partial charge is 0.231 e. The highest BCUT2D eigenvalue weighted by molar-refractivity contribution is 5.44. The maximum absolute atomic E-state index is 8.13. The minimum atomic E-state index is -3.02. The minimum Gasteiger partial charge on any atom is -0.454 e. The van der Waals surface area contributed by atoms with Gasteiger partial charge in [0.05, 0.1) is 0 Å². The van der Waals surface area contributed by atoms with Gasteiger partial charge in [0, 0.05) is 14.2 Å². The molecule has 0 bridgehead atoms. The maximum Gasteiger partial charge on any atom is 0.231 e. The fourth-order valence-electron chi connectivity index (χ4n) is 1.17. The number of benzene rings is 1. The van der Waals surface area contributed by atoms with Crippen molar-refractivity contribution in [3.8, 4) is 11.5 Å². The van der Waals surface area contributed by atoms with E-state index in [0.717, 1.165) is 7.05 Å². The van der Waals surface area contributed by atoms with Gasteiger partial charge >= 0.3 is 0 Å². The van der Waals surface area contributed by atoms with Crippen LogP contribution >= 0.6 is 0 Å². The highest BCUT2D eigenvalue weighted by Crippen LogP contribution is 2.32. The molecule has 0 fully saturated rings. The Kier molecular flexibility index (Phi) is 1.14. The summed E-state index contributed by atoms with van der Waals surface area (Å²) in [7, 11) is 1.05. The van der Waals surface area contributed by atoms with Gasteiger partial charge in [-0.25, -0.2) is 0 Å². The summed E-state index contributed by atoms with van der Waals surface area (Å²) < 4.78 is 64.5. The summed E-state index contributed by atoms with van der Waals surface area (Å²) in [5.41, 5.74) is -0.0584. The van der Waals surface area contributed by atoms with E-state index in [-0.39, 0.29) is 18.1 Å². The van der Waals surface area contributed by atoms with Crippen molar-refractivity contribution in [2.75, 3.05) is 13.8 Å². The lowest BCUT2D eigenvalue weighted by Crippen LogP contribution is -2.23. The number of nitrogens with one attached hydrogen (secondary N) is 1. The van der Waals surface area contributed by atoms with Gasteiger partial charge in [-0.3, -0.25) is 0 Å². The first-order valence-corrected chi connectivity index (χ1v) is 4.14. The second kappa shape index (κ2) is 3.88. The van der Waals surface area contributed by atoms with E-state index < -0.39 is 19.2 Å². The van der Waals surface area contributed by atoms with Crippen LogP contribution in [0.4, 0.5) is 0 Å². The Hall–Kier alpha value is -1.22. The molecule has 14 heavy (non-hydrogen) atoms. The number of fused-ring (bicyclic) bond motifs is 1. The molecule has 76 valence electrons. The molecule has 0 aliphatic carbocycles. The molecule has 1 aromatic rings. The van der Waals surface area contributed by atoms with Crippen molar-refractivity contribution in [1.82, 2.24) is 5.31 Å². The first-order chi connectivity index (χ1) is 9.51. The second-order valence-corrected chi connectivity index (χ2v) is 2.77. The van der Waals surface area contributed by atoms with Crippen LogP contribution in [0.15, 0.2) is 18.2 Å². The Morgan fingerprint density at radius 2 is 2.57 bits per heavy atom. The predicted octanol–water partition coefficient (Wildman–Crippen LogP) is 1.57. The van der Waals surface area contributed by atoms with E-state index in [0.29, 0.717) is 11.1 Å². The van der Waals surface area contributed by atoms with Gasteiger partial charge in [0.2, 0.25) is 6.79 Å². The molecule has 0 radical (unpaired) electrons. The van der Waals surface area contributed by atoms with Crippen LogP contribution in [-0.4, -0.2) is 19.9 Å². The molecule has 0 amide bonds. The van der Waals surface area contributed by atoms with Gasteiger partial charge < -0.3 is 14.8 Å². The average molecular weight is 200 g/mol. The average Bonchev–Trinajstić information content (AvgIpc) is 2.82. The van der Waals surface area contributed by atoms with Crippen molar-refractivity contribution in [3.05, 3.63) is 23.8 Å². The summed E-state index contributed by atoms with van der Waals surface area (Å²) in [5, 5.41) is 0.324. The molecule has 3 heteroatoms. The van der Waals surface area contributed by atoms with Crippen molar-refractivity contribution in [1.29, 1.82) is 0 Å². The van der Waals surface area contributed by atoms with Crippen molar-refractivity contribution in [2.45, 2.75) is 19.2 Å². The summed E-state index contributed by atoms with van der Waals surface area (Å²) in [5.74, 6) is 0.718. The van der Waals surface area contributed by atoms with Crippen LogP contribution in [0.25, 0.3) is 0 Å². The first kappa shape index (κ1) is 4.11. The molecule has 1 aliphatic heterocycles. The highest BCUT2D eigenvalue weighted by Gasteiger charge is 2.13. The van der Waals surface area contributed by atoms with E-state index in [1.165, 1.54) is 18.2 Å². The minimum absolute atomic E-state index is 0.00538. The number of hydrogen-bond acceptors (Lipinski definition) is 3. The van der Waals surface area contributed by atoms with Gasteiger partial charge in [-0.2, -0.15) is 0 Å². The van der Waals surface area contributed by atoms with Gasteiger partial charge in [-0.1, -0.05) is 6.07 Å². The molecule has 0 aromatic heterocycles. The number of likely N-dealkylation sites (N-methyl/N-ethyl adjacent to an activating group) is 1. The first-order valence-electron chi connectivity index (χ1n) is 7.59. The molecule has 1 heterocycles. The Labute approximate surface area is 93.9 Å². The van der Waals surface area contributed by atoms with Crippen molar-refractivity contribution in [3.63, 3.8) is 0 Å². The lowest BCUT2D eigenvalue weighted by molar-refractivity contribution is 0.174. The summed E-state index contributed by atoms with van der Waals surface area (Å²) in [6.07, 6.45) is -2.63. The topological polar surface area (TPSA) is 30.5 Å². The SMILES string of the molecule is [2H]N(C)C([2H])(C([2H])([2H])[2H])C([2H])([2H])c1ccc2c(c1)OCO2. The van der Waals surface area contributed by atoms with Crippen LogP contribution in [0.3, 0.4) is 0 Å². The molecular formula is C11H15NO2. The van der Waals surface area contributed by atoms with Crippen LogP contribution in [0.1, 0.15) is 20.6 Å². The molecule has 1 aliphatic rings. The van der Waals surface area contributed by atoms with E-state index in [4.69, 9.17) is 19.1 Å². The number of hydrogen-bond donors (Lipinski definition) is 1. The van der Waals surface area contributed by atoms with Gasteiger partial charge in [0.1, 0.15) is 1.41 Å². The van der Waals surface area contributed by atoms with Crippen LogP contribution < -0.4 is 14.8 Å². The summed E-state index contributed by atoms with van der Waals surface area (Å²) in [6, 6.07) is 1.33. The van der Waals surface area contributed by atoms with Crippen LogP contribution in [0.2, 0.25) is 1.41 Å². The molecule has 3 nitrogen and oxygen atoms in total. The highest BCUT2D eigenvalue weighted by atomic mass is 16.7. The van der Waals surface area contributed by atoms with E-state index in [9.17, 15) is 0 Å². The summed E-state index contributed by atoms with van der Waals surface area (Å²) in [4.78, 5) is 0. The van der Waals surface area contributed by atoms with Crippen LogP contribution in [0.5, 0.6) is 11.5 Å². The number of ether oxygens (including phenoxy) is 2. The van der Waals surface area contributed by atoms with Crippen molar-refractivity contribution in [2.24, 2.45) is 0 Å². The predicted molar refractivity (Wildman–Crippen MR) is 54.8 cm³/mol. The quantitative estimate of drug-likeness (QED) is 0.803. The maximum atomic E-state index is 8.13. The van der Waals surface area contributed by atoms with E-state index >= 15 is 0 Å². The third-order valence-electron chi connectivity index (χ3n) is 1.86. The number of rotatable bonds is 3. The Bertz CT molecular complexity index is 546. The van der Waals surface area contributed by atoms with Crippen LogP contribution in [-0.2, 0) is 6.37 Å². The lowest BCUT2D eigenvalue weighted by atomic mass is 10.1. The summed E-state index contributed by atoms with van der Waals surface area (Å²) in [6.45, 7) is -3.02. The lowest BCUT2D eigenvalue weighted by Gasteiger charge is -2.09. The standard InChI is InChI=1S/C11H15NO2/c1-8(12-2)5-9-3-4-10-11(6-9)14-7-13-10/h3-4,6,8,12H,5,7H2,1-2H3/i1D3,5D2,8D/hD. The Morgan fingerprint density at radius 1 is 1.71 bits per heavy atom. The van der Waals surface area contributed by atoms with Gasteiger partial charge in [-0.15, -0.1) is 0 Å². The van der Waals surface area contributed by atoms with Gasteiger partial charge in [-0.05, 0) is 38.0 Å². The fraction of sp³-hybridized carbons (Fsp3) is 0.455. The third-order valence-corrected chi connectivity index (χ3v) is 1.86. The monoisotopic (exact) mass is 200 g/mol. The van der Waals surface area contributed by atoms with Gasteiger partial charge in [0.15, 0.2) is 11.5 Å². The van der Waals surface area contributed by atoms with E-state index in [1.54, 1.807) is 0 Å². The molecule has 1 unspecified atom stereocenters. The molecule has 1 atom stereocenters. The van der Waals surface area contributed by atoms with Crippen molar-refractivity contribution < 1.29 is 19.1 Å². The molecule has 1 N–H and O–H groups in total. The fourth-order valence-corrected chi connectivity index (χ4v) is 1.17. The molecule has 1 aromatic carbocycles.